The highest BCUT2D eigenvalue weighted by molar-refractivity contribution is 5.99. The maximum Gasteiger partial charge on any atom is 0.253 e. The zero-order valence-corrected chi connectivity index (χ0v) is 9.79. The van der Waals surface area contributed by atoms with Crippen LogP contribution in [0.2, 0.25) is 0 Å². The van der Waals surface area contributed by atoms with E-state index in [2.05, 4.69) is 19.2 Å². The molecule has 1 rings (SSSR count). The fraction of sp³-hybridized carbons (Fsp3) is 0.417. The summed E-state index contributed by atoms with van der Waals surface area (Å²) in [5.74, 6) is 0.433. The highest BCUT2D eigenvalue weighted by atomic mass is 16.1. The van der Waals surface area contributed by atoms with Gasteiger partial charge in [0, 0.05) is 17.9 Å². The van der Waals surface area contributed by atoms with Gasteiger partial charge < -0.3 is 16.8 Å². The lowest BCUT2D eigenvalue weighted by Crippen LogP contribution is -2.26. The van der Waals surface area contributed by atoms with Gasteiger partial charge in [-0.1, -0.05) is 13.8 Å². The van der Waals surface area contributed by atoms with Gasteiger partial charge in [0.1, 0.15) is 0 Å². The van der Waals surface area contributed by atoms with Crippen LogP contribution in [-0.4, -0.2) is 12.5 Å². The molecule has 0 heterocycles. The first-order chi connectivity index (χ1) is 7.50. The average molecular weight is 221 g/mol. The van der Waals surface area contributed by atoms with Gasteiger partial charge in [0.25, 0.3) is 5.91 Å². The molecule has 0 aromatic heterocycles. The maximum absolute atomic E-state index is 11.7. The molecule has 4 heteroatoms. The predicted octanol–water partition coefficient (Wildman–Crippen LogP) is 1.63. The SMILES string of the molecule is CC(C)CCNC(=O)c1ccc(N)cc1N. The number of nitrogens with one attached hydrogen (secondary N) is 1. The Bertz CT molecular complexity index is 375. The lowest BCUT2D eigenvalue weighted by atomic mass is 10.1. The fourth-order valence-corrected chi connectivity index (χ4v) is 1.36. The monoisotopic (exact) mass is 221 g/mol. The summed E-state index contributed by atoms with van der Waals surface area (Å²) in [5.41, 5.74) is 12.7. The molecule has 0 spiro atoms. The van der Waals surface area contributed by atoms with Gasteiger partial charge in [0.2, 0.25) is 0 Å². The number of hydrogen-bond acceptors (Lipinski definition) is 3. The van der Waals surface area contributed by atoms with Gasteiger partial charge in [-0.05, 0) is 30.5 Å². The van der Waals surface area contributed by atoms with Crippen molar-refractivity contribution in [1.29, 1.82) is 0 Å². The minimum Gasteiger partial charge on any atom is -0.399 e. The average Bonchev–Trinajstić information content (AvgIpc) is 2.16. The first kappa shape index (κ1) is 12.4. The molecule has 0 aliphatic rings. The van der Waals surface area contributed by atoms with Crippen molar-refractivity contribution in [2.75, 3.05) is 18.0 Å². The molecule has 0 radical (unpaired) electrons. The Morgan fingerprint density at radius 1 is 1.38 bits per heavy atom. The van der Waals surface area contributed by atoms with Crippen molar-refractivity contribution in [1.82, 2.24) is 5.32 Å². The van der Waals surface area contributed by atoms with Crippen molar-refractivity contribution in [3.8, 4) is 0 Å². The Kier molecular flexibility index (Phi) is 4.17. The first-order valence-electron chi connectivity index (χ1n) is 5.44. The second-order valence-corrected chi connectivity index (χ2v) is 4.29. The molecular formula is C12H19N3O. The summed E-state index contributed by atoms with van der Waals surface area (Å²) in [7, 11) is 0. The number of nitrogen functional groups attached to an aromatic ring is 2. The molecule has 4 nitrogen and oxygen atoms in total. The molecule has 1 aromatic rings. The smallest absolute Gasteiger partial charge is 0.253 e. The molecule has 0 unspecified atom stereocenters. The highest BCUT2D eigenvalue weighted by Gasteiger charge is 2.08. The number of benzene rings is 1. The zero-order chi connectivity index (χ0) is 12.1. The van der Waals surface area contributed by atoms with E-state index in [0.29, 0.717) is 29.4 Å². The van der Waals surface area contributed by atoms with Crippen LogP contribution in [0.5, 0.6) is 0 Å². The summed E-state index contributed by atoms with van der Waals surface area (Å²) >= 11 is 0. The Labute approximate surface area is 96.0 Å². The molecule has 88 valence electrons. The van der Waals surface area contributed by atoms with E-state index in [1.807, 2.05) is 0 Å². The van der Waals surface area contributed by atoms with Crippen LogP contribution in [0.3, 0.4) is 0 Å². The topological polar surface area (TPSA) is 81.1 Å². The molecule has 0 bridgehead atoms. The summed E-state index contributed by atoms with van der Waals surface area (Å²) in [6.07, 6.45) is 0.959. The normalized spacial score (nSPS) is 10.4. The summed E-state index contributed by atoms with van der Waals surface area (Å²) < 4.78 is 0. The van der Waals surface area contributed by atoms with Crippen LogP contribution >= 0.6 is 0 Å². The Morgan fingerprint density at radius 3 is 2.62 bits per heavy atom. The van der Waals surface area contributed by atoms with Crippen molar-refractivity contribution in [3.63, 3.8) is 0 Å². The largest absolute Gasteiger partial charge is 0.399 e. The summed E-state index contributed by atoms with van der Waals surface area (Å²) in [5, 5.41) is 2.83. The number of carbonyl (C=O) groups excluding carboxylic acids is 1. The Morgan fingerprint density at radius 2 is 2.06 bits per heavy atom. The molecule has 0 saturated heterocycles. The quantitative estimate of drug-likeness (QED) is 0.676. The van der Waals surface area contributed by atoms with E-state index < -0.39 is 0 Å². The molecule has 16 heavy (non-hydrogen) atoms. The lowest BCUT2D eigenvalue weighted by molar-refractivity contribution is 0.0953. The molecule has 5 N–H and O–H groups in total. The minimum absolute atomic E-state index is 0.141. The van der Waals surface area contributed by atoms with E-state index in [1.165, 1.54) is 0 Å². The number of anilines is 2. The molecule has 0 atom stereocenters. The van der Waals surface area contributed by atoms with Gasteiger partial charge in [-0.3, -0.25) is 4.79 Å². The molecule has 1 aromatic carbocycles. The fourth-order valence-electron chi connectivity index (χ4n) is 1.36. The number of amides is 1. The first-order valence-corrected chi connectivity index (χ1v) is 5.44. The number of carbonyl (C=O) groups is 1. The van der Waals surface area contributed by atoms with Crippen LogP contribution in [0.25, 0.3) is 0 Å². The predicted molar refractivity (Wildman–Crippen MR) is 67.1 cm³/mol. The van der Waals surface area contributed by atoms with E-state index >= 15 is 0 Å². The van der Waals surface area contributed by atoms with E-state index in [4.69, 9.17) is 11.5 Å². The van der Waals surface area contributed by atoms with Gasteiger partial charge >= 0.3 is 0 Å². The molecule has 1 amide bonds. The van der Waals surface area contributed by atoms with Crippen LogP contribution in [0.4, 0.5) is 11.4 Å². The number of nitrogens with two attached hydrogens (primary N) is 2. The van der Waals surface area contributed by atoms with Gasteiger partial charge in [0.15, 0.2) is 0 Å². The summed E-state index contributed by atoms with van der Waals surface area (Å²) in [4.78, 5) is 11.7. The lowest BCUT2D eigenvalue weighted by Gasteiger charge is -2.09. The van der Waals surface area contributed by atoms with Crippen LogP contribution in [0, 0.1) is 5.92 Å². The van der Waals surface area contributed by atoms with Crippen LogP contribution < -0.4 is 16.8 Å². The second-order valence-electron chi connectivity index (χ2n) is 4.29. The zero-order valence-electron chi connectivity index (χ0n) is 9.79. The molecule has 0 saturated carbocycles. The van der Waals surface area contributed by atoms with Crippen molar-refractivity contribution >= 4 is 17.3 Å². The van der Waals surface area contributed by atoms with Crippen molar-refractivity contribution < 1.29 is 4.79 Å². The van der Waals surface area contributed by atoms with Crippen LogP contribution in [0.1, 0.15) is 30.6 Å². The van der Waals surface area contributed by atoms with Crippen molar-refractivity contribution in [2.24, 2.45) is 5.92 Å². The van der Waals surface area contributed by atoms with Crippen molar-refractivity contribution in [3.05, 3.63) is 23.8 Å². The van der Waals surface area contributed by atoms with E-state index in [0.717, 1.165) is 6.42 Å². The summed E-state index contributed by atoms with van der Waals surface area (Å²) in [6, 6.07) is 4.92. The second kappa shape index (κ2) is 5.39. The van der Waals surface area contributed by atoms with Crippen LogP contribution in [0.15, 0.2) is 18.2 Å². The molecule has 0 aliphatic carbocycles. The molecule has 0 fully saturated rings. The third-order valence-electron chi connectivity index (χ3n) is 2.33. The van der Waals surface area contributed by atoms with E-state index in [1.54, 1.807) is 18.2 Å². The molecular weight excluding hydrogens is 202 g/mol. The van der Waals surface area contributed by atoms with E-state index in [-0.39, 0.29) is 5.91 Å². The summed E-state index contributed by atoms with van der Waals surface area (Å²) in [6.45, 7) is 4.90. The Hall–Kier alpha value is -1.71. The van der Waals surface area contributed by atoms with Crippen molar-refractivity contribution in [2.45, 2.75) is 20.3 Å². The van der Waals surface area contributed by atoms with Gasteiger partial charge in [-0.15, -0.1) is 0 Å². The van der Waals surface area contributed by atoms with Gasteiger partial charge in [-0.2, -0.15) is 0 Å². The molecule has 0 aliphatic heterocycles. The third kappa shape index (κ3) is 3.46. The van der Waals surface area contributed by atoms with Crippen LogP contribution in [-0.2, 0) is 0 Å². The highest BCUT2D eigenvalue weighted by Crippen LogP contribution is 2.15. The number of rotatable bonds is 4. The van der Waals surface area contributed by atoms with E-state index in [9.17, 15) is 4.79 Å². The minimum atomic E-state index is -0.141. The maximum atomic E-state index is 11.7. The van der Waals surface area contributed by atoms with Gasteiger partial charge in [0.05, 0.1) is 5.56 Å². The Balaban J connectivity index is 2.59. The third-order valence-corrected chi connectivity index (χ3v) is 2.33. The standard InChI is InChI=1S/C12H19N3O/c1-8(2)5-6-15-12(16)10-4-3-9(13)7-11(10)14/h3-4,7-8H,5-6,13-14H2,1-2H3,(H,15,16). The number of hydrogen-bond donors (Lipinski definition) is 3. The van der Waals surface area contributed by atoms with Gasteiger partial charge in [-0.25, -0.2) is 0 Å².